The van der Waals surface area contributed by atoms with E-state index in [1.54, 1.807) is 29.8 Å². The third kappa shape index (κ3) is 2.35. The van der Waals surface area contributed by atoms with Gasteiger partial charge in [0.05, 0.1) is 5.39 Å². The Morgan fingerprint density at radius 3 is 2.86 bits per heavy atom. The van der Waals surface area contributed by atoms with Crippen molar-refractivity contribution < 1.29 is 4.39 Å². The van der Waals surface area contributed by atoms with Crippen LogP contribution in [0.1, 0.15) is 23.8 Å². The molecule has 1 N–H and O–H groups in total. The number of hydrogen-bond acceptors (Lipinski definition) is 4. The minimum absolute atomic E-state index is 0.236. The van der Waals surface area contributed by atoms with Crippen LogP contribution < -0.4 is 5.32 Å². The Kier molecular flexibility index (Phi) is 3.30. The number of nitrogens with one attached hydrogen (secondary N) is 1. The SMILES string of the molecule is C[C@@H]1CCc2sc3ncnc(Nc4ccc(F)cc4)c3c2C1. The minimum atomic E-state index is -0.236. The molecule has 0 unspecified atom stereocenters. The van der Waals surface area contributed by atoms with Crippen LogP contribution in [0, 0.1) is 11.7 Å². The average molecular weight is 313 g/mol. The summed E-state index contributed by atoms with van der Waals surface area (Å²) < 4.78 is 13.0. The molecule has 0 spiro atoms. The molecule has 3 aromatic rings. The molecule has 0 aliphatic heterocycles. The normalized spacial score (nSPS) is 17.5. The second-order valence-electron chi connectivity index (χ2n) is 5.89. The maximum absolute atomic E-state index is 13.0. The maximum atomic E-state index is 13.0. The molecule has 1 aliphatic rings. The Morgan fingerprint density at radius 2 is 2.05 bits per heavy atom. The molecule has 1 atom stereocenters. The molecule has 0 bridgehead atoms. The Bertz CT molecular complexity index is 826. The van der Waals surface area contributed by atoms with E-state index >= 15 is 0 Å². The van der Waals surface area contributed by atoms with E-state index in [1.807, 2.05) is 0 Å². The molecule has 1 aromatic carbocycles. The van der Waals surface area contributed by atoms with Crippen molar-refractivity contribution in [3.8, 4) is 0 Å². The lowest BCUT2D eigenvalue weighted by Crippen LogP contribution is -2.09. The molecule has 0 saturated heterocycles. The third-order valence-electron chi connectivity index (χ3n) is 4.19. The zero-order valence-electron chi connectivity index (χ0n) is 12.3. The standard InChI is InChI=1S/C17H16FN3S/c1-10-2-7-14-13(8-10)15-16(19-9-20-17(15)22-14)21-12-5-3-11(18)4-6-12/h3-6,9-10H,2,7-8H2,1H3,(H,19,20,21)/t10-/m1/s1. The molecule has 4 rings (SSSR count). The van der Waals surface area contributed by atoms with E-state index in [4.69, 9.17) is 0 Å². The van der Waals surface area contributed by atoms with Gasteiger partial charge < -0.3 is 5.32 Å². The summed E-state index contributed by atoms with van der Waals surface area (Å²) in [5.41, 5.74) is 2.23. The molecular formula is C17H16FN3S. The van der Waals surface area contributed by atoms with Crippen molar-refractivity contribution in [2.45, 2.75) is 26.2 Å². The highest BCUT2D eigenvalue weighted by Gasteiger charge is 2.23. The lowest BCUT2D eigenvalue weighted by Gasteiger charge is -2.18. The molecule has 22 heavy (non-hydrogen) atoms. The number of rotatable bonds is 2. The number of halogens is 1. The molecular weight excluding hydrogens is 297 g/mol. The van der Waals surface area contributed by atoms with Gasteiger partial charge in [-0.25, -0.2) is 14.4 Å². The van der Waals surface area contributed by atoms with Crippen LogP contribution in [0.3, 0.4) is 0 Å². The van der Waals surface area contributed by atoms with Crippen molar-refractivity contribution in [2.24, 2.45) is 5.92 Å². The fourth-order valence-corrected chi connectivity index (χ4v) is 4.23. The Morgan fingerprint density at radius 1 is 1.23 bits per heavy atom. The van der Waals surface area contributed by atoms with Crippen molar-refractivity contribution >= 4 is 33.1 Å². The van der Waals surface area contributed by atoms with Crippen LogP contribution >= 0.6 is 11.3 Å². The van der Waals surface area contributed by atoms with E-state index in [-0.39, 0.29) is 5.82 Å². The van der Waals surface area contributed by atoms with Crippen LogP contribution in [0.15, 0.2) is 30.6 Å². The number of thiophene rings is 1. The number of benzene rings is 1. The first-order valence-corrected chi connectivity index (χ1v) is 8.30. The predicted molar refractivity (Wildman–Crippen MR) is 88.3 cm³/mol. The molecule has 112 valence electrons. The van der Waals surface area contributed by atoms with Gasteiger partial charge >= 0.3 is 0 Å². The zero-order valence-corrected chi connectivity index (χ0v) is 13.1. The molecule has 0 amide bonds. The van der Waals surface area contributed by atoms with Gasteiger partial charge in [0.2, 0.25) is 0 Å². The lowest BCUT2D eigenvalue weighted by atomic mass is 9.88. The van der Waals surface area contributed by atoms with E-state index in [1.165, 1.54) is 29.0 Å². The van der Waals surface area contributed by atoms with Crippen molar-refractivity contribution in [1.82, 2.24) is 9.97 Å². The van der Waals surface area contributed by atoms with Crippen molar-refractivity contribution in [3.63, 3.8) is 0 Å². The molecule has 3 nitrogen and oxygen atoms in total. The van der Waals surface area contributed by atoms with Gasteiger partial charge in [-0.1, -0.05) is 6.92 Å². The maximum Gasteiger partial charge on any atom is 0.142 e. The molecule has 5 heteroatoms. The Hall–Kier alpha value is -2.01. The second kappa shape index (κ2) is 5.32. The summed E-state index contributed by atoms with van der Waals surface area (Å²) in [6, 6.07) is 6.35. The summed E-state index contributed by atoms with van der Waals surface area (Å²) in [4.78, 5) is 11.3. The van der Waals surface area contributed by atoms with E-state index in [0.29, 0.717) is 5.92 Å². The van der Waals surface area contributed by atoms with Gasteiger partial charge in [0.1, 0.15) is 22.8 Å². The molecule has 2 heterocycles. The highest BCUT2D eigenvalue weighted by molar-refractivity contribution is 7.19. The zero-order chi connectivity index (χ0) is 15.1. The summed E-state index contributed by atoms with van der Waals surface area (Å²) in [6.07, 6.45) is 5.06. The number of aromatic nitrogens is 2. The van der Waals surface area contributed by atoms with E-state index in [2.05, 4.69) is 22.2 Å². The number of anilines is 2. The summed E-state index contributed by atoms with van der Waals surface area (Å²) in [7, 11) is 0. The van der Waals surface area contributed by atoms with Gasteiger partial charge in [-0.2, -0.15) is 0 Å². The van der Waals surface area contributed by atoms with Gasteiger partial charge in [-0.3, -0.25) is 0 Å². The van der Waals surface area contributed by atoms with Crippen molar-refractivity contribution in [1.29, 1.82) is 0 Å². The van der Waals surface area contributed by atoms with E-state index in [0.717, 1.165) is 34.6 Å². The fraction of sp³-hybridized carbons (Fsp3) is 0.294. The van der Waals surface area contributed by atoms with Crippen LogP contribution in [-0.4, -0.2) is 9.97 Å². The molecule has 0 saturated carbocycles. The van der Waals surface area contributed by atoms with Crippen LogP contribution in [0.4, 0.5) is 15.9 Å². The van der Waals surface area contributed by atoms with Crippen LogP contribution in [0.2, 0.25) is 0 Å². The Balaban J connectivity index is 1.80. The fourth-order valence-electron chi connectivity index (χ4n) is 3.05. The molecule has 0 fully saturated rings. The smallest absolute Gasteiger partial charge is 0.142 e. The van der Waals surface area contributed by atoms with Gasteiger partial charge in [-0.15, -0.1) is 11.3 Å². The van der Waals surface area contributed by atoms with Gasteiger partial charge in [0.15, 0.2) is 0 Å². The third-order valence-corrected chi connectivity index (χ3v) is 5.39. The Labute approximate surface area is 132 Å². The largest absolute Gasteiger partial charge is 0.340 e. The summed E-state index contributed by atoms with van der Waals surface area (Å²) in [6.45, 7) is 2.29. The summed E-state index contributed by atoms with van der Waals surface area (Å²) in [5.74, 6) is 1.28. The van der Waals surface area contributed by atoms with Gasteiger partial charge in [-0.05, 0) is 55.0 Å². The minimum Gasteiger partial charge on any atom is -0.340 e. The predicted octanol–water partition coefficient (Wildman–Crippen LogP) is 4.70. The first kappa shape index (κ1) is 13.6. The van der Waals surface area contributed by atoms with Crippen LogP contribution in [0.25, 0.3) is 10.2 Å². The number of fused-ring (bicyclic) bond motifs is 3. The highest BCUT2D eigenvalue weighted by atomic mass is 32.1. The quantitative estimate of drug-likeness (QED) is 0.745. The molecule has 0 radical (unpaired) electrons. The van der Waals surface area contributed by atoms with E-state index < -0.39 is 0 Å². The second-order valence-corrected chi connectivity index (χ2v) is 6.97. The number of nitrogens with zero attached hydrogens (tertiary/aromatic N) is 2. The topological polar surface area (TPSA) is 37.8 Å². The van der Waals surface area contributed by atoms with E-state index in [9.17, 15) is 4.39 Å². The summed E-state index contributed by atoms with van der Waals surface area (Å²) in [5, 5.41) is 4.45. The first-order valence-electron chi connectivity index (χ1n) is 7.48. The first-order chi connectivity index (χ1) is 10.7. The lowest BCUT2D eigenvalue weighted by molar-refractivity contribution is 0.508. The summed E-state index contributed by atoms with van der Waals surface area (Å²) >= 11 is 1.78. The number of aryl methyl sites for hydroxylation is 1. The van der Waals surface area contributed by atoms with Crippen molar-refractivity contribution in [3.05, 3.63) is 46.9 Å². The monoisotopic (exact) mass is 313 g/mol. The van der Waals surface area contributed by atoms with Crippen LogP contribution in [0.5, 0.6) is 0 Å². The highest BCUT2D eigenvalue weighted by Crippen LogP contribution is 2.40. The van der Waals surface area contributed by atoms with Crippen LogP contribution in [-0.2, 0) is 12.8 Å². The molecule has 2 aromatic heterocycles. The van der Waals surface area contributed by atoms with Gasteiger partial charge in [0.25, 0.3) is 0 Å². The number of hydrogen-bond donors (Lipinski definition) is 1. The van der Waals surface area contributed by atoms with Gasteiger partial charge in [0, 0.05) is 10.6 Å². The molecule has 1 aliphatic carbocycles. The van der Waals surface area contributed by atoms with Crippen molar-refractivity contribution in [2.75, 3.05) is 5.32 Å². The average Bonchev–Trinajstić information content (AvgIpc) is 2.88.